The average Bonchev–Trinajstić information content (AvgIpc) is 2.89. The van der Waals surface area contributed by atoms with Gasteiger partial charge in [-0.25, -0.2) is 0 Å². The summed E-state index contributed by atoms with van der Waals surface area (Å²) in [6.07, 6.45) is 11.9. The Morgan fingerprint density at radius 2 is 1.50 bits per heavy atom. The van der Waals surface area contributed by atoms with Crippen LogP contribution in [0.2, 0.25) is 0 Å². The van der Waals surface area contributed by atoms with Crippen LogP contribution in [0.15, 0.2) is 0 Å². The lowest BCUT2D eigenvalue weighted by molar-refractivity contribution is -0.181. The molecule has 4 fully saturated rings. The van der Waals surface area contributed by atoms with Gasteiger partial charge in [-0.3, -0.25) is 0 Å². The molecule has 4 rings (SSSR count). The van der Waals surface area contributed by atoms with Crippen molar-refractivity contribution in [1.29, 1.82) is 0 Å². The van der Waals surface area contributed by atoms with E-state index in [1.165, 1.54) is 51.4 Å². The van der Waals surface area contributed by atoms with Crippen LogP contribution < -0.4 is 0 Å². The highest BCUT2D eigenvalue weighted by atomic mass is 16.5. The quantitative estimate of drug-likeness (QED) is 0.682. The monoisotopic (exact) mass is 334 g/mol. The summed E-state index contributed by atoms with van der Waals surface area (Å²) in [5, 5.41) is 0. The van der Waals surface area contributed by atoms with Crippen LogP contribution in [-0.4, -0.2) is 26.4 Å². The number of methoxy groups -OCH3 is 2. The molecule has 0 heterocycles. The van der Waals surface area contributed by atoms with E-state index in [1.807, 2.05) is 14.2 Å². The topological polar surface area (TPSA) is 18.5 Å². The van der Waals surface area contributed by atoms with Crippen LogP contribution in [0.3, 0.4) is 0 Å². The first-order valence-electron chi connectivity index (χ1n) is 10.5. The first kappa shape index (κ1) is 17.3. The van der Waals surface area contributed by atoms with Crippen LogP contribution in [0.4, 0.5) is 0 Å². The SMILES string of the molecule is COC1CC[C@@]2(C)C(C1)CC(OC)C1C2CC[C@@]2(C)C1CC[C@@H]2C. The van der Waals surface area contributed by atoms with Gasteiger partial charge in [0, 0.05) is 14.2 Å². The van der Waals surface area contributed by atoms with E-state index in [4.69, 9.17) is 9.47 Å². The van der Waals surface area contributed by atoms with Crippen molar-refractivity contribution in [2.45, 2.75) is 84.3 Å². The van der Waals surface area contributed by atoms with Crippen molar-refractivity contribution in [1.82, 2.24) is 0 Å². The molecule has 2 nitrogen and oxygen atoms in total. The predicted molar refractivity (Wildman–Crippen MR) is 97.9 cm³/mol. The molecule has 0 spiro atoms. The summed E-state index contributed by atoms with van der Waals surface area (Å²) in [5.41, 5.74) is 1.10. The molecule has 4 aliphatic rings. The second-order valence-corrected chi connectivity index (χ2v) is 10.2. The molecule has 0 aliphatic heterocycles. The van der Waals surface area contributed by atoms with Gasteiger partial charge in [-0.2, -0.15) is 0 Å². The molecule has 0 saturated heterocycles. The maximum Gasteiger partial charge on any atom is 0.0608 e. The van der Waals surface area contributed by atoms with Crippen molar-refractivity contribution in [2.75, 3.05) is 14.2 Å². The van der Waals surface area contributed by atoms with Gasteiger partial charge < -0.3 is 9.47 Å². The molecule has 0 N–H and O–H groups in total. The molecule has 0 amide bonds. The number of hydrogen-bond donors (Lipinski definition) is 0. The van der Waals surface area contributed by atoms with Gasteiger partial charge in [0.2, 0.25) is 0 Å². The summed E-state index contributed by atoms with van der Waals surface area (Å²) in [5.74, 6) is 4.27. The van der Waals surface area contributed by atoms with E-state index >= 15 is 0 Å². The number of ether oxygens (including phenoxy) is 2. The Morgan fingerprint density at radius 1 is 0.792 bits per heavy atom. The Bertz CT molecular complexity index is 477. The molecule has 0 aromatic heterocycles. The zero-order valence-corrected chi connectivity index (χ0v) is 16.5. The molecule has 2 heteroatoms. The standard InChI is InChI=1S/C22H38O2/c1-14-6-7-17-20-18(9-11-21(14,17)2)22(3)10-8-16(23-4)12-15(22)13-19(20)24-5/h14-20H,6-13H2,1-5H3/t14-,15?,16?,17?,18?,19?,20?,21+,22-/m0/s1. The van der Waals surface area contributed by atoms with Gasteiger partial charge in [0.05, 0.1) is 12.2 Å². The van der Waals surface area contributed by atoms with E-state index in [1.54, 1.807) is 0 Å². The van der Waals surface area contributed by atoms with Gasteiger partial charge >= 0.3 is 0 Å². The van der Waals surface area contributed by atoms with Crippen LogP contribution in [0.25, 0.3) is 0 Å². The minimum Gasteiger partial charge on any atom is -0.381 e. The van der Waals surface area contributed by atoms with Crippen molar-refractivity contribution in [3.8, 4) is 0 Å². The van der Waals surface area contributed by atoms with E-state index in [2.05, 4.69) is 20.8 Å². The van der Waals surface area contributed by atoms with Crippen LogP contribution in [-0.2, 0) is 9.47 Å². The van der Waals surface area contributed by atoms with Crippen molar-refractivity contribution in [3.05, 3.63) is 0 Å². The number of rotatable bonds is 2. The van der Waals surface area contributed by atoms with Gasteiger partial charge in [-0.15, -0.1) is 0 Å². The fourth-order valence-electron chi connectivity index (χ4n) is 7.88. The van der Waals surface area contributed by atoms with Crippen LogP contribution in [0, 0.1) is 40.4 Å². The number of hydrogen-bond acceptors (Lipinski definition) is 2. The number of fused-ring (bicyclic) bond motifs is 5. The summed E-state index contributed by atoms with van der Waals surface area (Å²) in [6.45, 7) is 7.75. The molecular formula is C22H38O2. The van der Waals surface area contributed by atoms with Gasteiger partial charge in [0.1, 0.15) is 0 Å². The summed E-state index contributed by atoms with van der Waals surface area (Å²) in [6, 6.07) is 0. The molecule has 24 heavy (non-hydrogen) atoms. The fourth-order valence-corrected chi connectivity index (χ4v) is 7.88. The maximum atomic E-state index is 6.17. The van der Waals surface area contributed by atoms with E-state index in [-0.39, 0.29) is 0 Å². The van der Waals surface area contributed by atoms with E-state index < -0.39 is 0 Å². The largest absolute Gasteiger partial charge is 0.381 e. The lowest BCUT2D eigenvalue weighted by Crippen LogP contribution is -2.58. The third-order valence-electron chi connectivity index (χ3n) is 9.72. The molecule has 6 unspecified atom stereocenters. The summed E-state index contributed by atoms with van der Waals surface area (Å²) in [4.78, 5) is 0. The highest BCUT2D eigenvalue weighted by Gasteiger charge is 2.62. The van der Waals surface area contributed by atoms with Crippen LogP contribution >= 0.6 is 0 Å². The zero-order valence-electron chi connectivity index (χ0n) is 16.5. The van der Waals surface area contributed by atoms with E-state index in [0.29, 0.717) is 23.0 Å². The van der Waals surface area contributed by atoms with Gasteiger partial charge in [-0.1, -0.05) is 20.8 Å². The summed E-state index contributed by atoms with van der Waals surface area (Å²) >= 11 is 0. The molecule has 9 atom stereocenters. The Kier molecular flexibility index (Phi) is 4.32. The Morgan fingerprint density at radius 3 is 2.21 bits per heavy atom. The second-order valence-electron chi connectivity index (χ2n) is 10.2. The smallest absolute Gasteiger partial charge is 0.0608 e. The molecule has 4 saturated carbocycles. The molecular weight excluding hydrogens is 296 g/mol. The first-order chi connectivity index (χ1) is 11.4. The third-order valence-corrected chi connectivity index (χ3v) is 9.72. The van der Waals surface area contributed by atoms with Gasteiger partial charge in [0.15, 0.2) is 0 Å². The highest BCUT2D eigenvalue weighted by Crippen LogP contribution is 2.67. The van der Waals surface area contributed by atoms with Crippen molar-refractivity contribution < 1.29 is 9.47 Å². The van der Waals surface area contributed by atoms with Crippen LogP contribution in [0.1, 0.15) is 72.1 Å². The van der Waals surface area contributed by atoms with Gasteiger partial charge in [-0.05, 0) is 91.8 Å². The average molecular weight is 335 g/mol. The second kappa shape index (κ2) is 5.98. The van der Waals surface area contributed by atoms with Crippen molar-refractivity contribution in [2.24, 2.45) is 40.4 Å². The molecule has 4 aliphatic carbocycles. The lowest BCUT2D eigenvalue weighted by atomic mass is 9.44. The van der Waals surface area contributed by atoms with E-state index in [0.717, 1.165) is 29.6 Å². The Labute approximate surface area is 149 Å². The Balaban J connectivity index is 1.66. The summed E-state index contributed by atoms with van der Waals surface area (Å²) < 4.78 is 11.9. The maximum absolute atomic E-state index is 6.17. The van der Waals surface area contributed by atoms with Gasteiger partial charge in [0.25, 0.3) is 0 Å². The highest BCUT2D eigenvalue weighted by molar-refractivity contribution is 5.11. The fraction of sp³-hybridized carbons (Fsp3) is 1.00. The van der Waals surface area contributed by atoms with Crippen molar-refractivity contribution >= 4 is 0 Å². The first-order valence-corrected chi connectivity index (χ1v) is 10.5. The molecule has 0 aromatic carbocycles. The third kappa shape index (κ3) is 2.28. The minimum atomic E-state index is 0.484. The normalized spacial score (nSPS) is 57.1. The van der Waals surface area contributed by atoms with Crippen molar-refractivity contribution in [3.63, 3.8) is 0 Å². The summed E-state index contributed by atoms with van der Waals surface area (Å²) in [7, 11) is 3.88. The predicted octanol–water partition coefficient (Wildman–Crippen LogP) is 5.31. The van der Waals surface area contributed by atoms with Crippen LogP contribution in [0.5, 0.6) is 0 Å². The molecule has 0 bridgehead atoms. The van der Waals surface area contributed by atoms with E-state index in [9.17, 15) is 0 Å². The lowest BCUT2D eigenvalue weighted by Gasteiger charge is -2.62. The molecule has 0 radical (unpaired) electrons. The zero-order chi connectivity index (χ0) is 17.1. The Hall–Kier alpha value is -0.0800. The minimum absolute atomic E-state index is 0.484. The molecule has 0 aromatic rings. The molecule has 138 valence electrons.